The summed E-state index contributed by atoms with van der Waals surface area (Å²) < 4.78 is 39.5. The Kier molecular flexibility index (Phi) is 4.45. The van der Waals surface area contributed by atoms with E-state index in [0.717, 1.165) is 0 Å². The Balaban J connectivity index is 2.72. The van der Waals surface area contributed by atoms with Gasteiger partial charge in [-0.05, 0) is 61.3 Å². The molecule has 0 atom stereocenters. The summed E-state index contributed by atoms with van der Waals surface area (Å²) in [6.45, 7) is 6.95. The van der Waals surface area contributed by atoms with Gasteiger partial charge >= 0.3 is 10.9 Å². The Morgan fingerprint density at radius 1 is 1.30 bits per heavy atom. The fourth-order valence-electron chi connectivity index (χ4n) is 2.42. The van der Waals surface area contributed by atoms with E-state index < -0.39 is 16.5 Å². The smallest absolute Gasteiger partial charge is 0.419 e. The van der Waals surface area contributed by atoms with Gasteiger partial charge in [0.1, 0.15) is 11.4 Å². The quantitative estimate of drug-likeness (QED) is 0.663. The van der Waals surface area contributed by atoms with Crippen LogP contribution in [0.3, 0.4) is 0 Å². The van der Waals surface area contributed by atoms with E-state index in [9.17, 15) is 13.6 Å². The van der Waals surface area contributed by atoms with E-state index in [0.29, 0.717) is 11.1 Å². The predicted molar refractivity (Wildman–Crippen MR) is 87.7 cm³/mol. The van der Waals surface area contributed by atoms with Crippen LogP contribution in [0.25, 0.3) is 10.9 Å². The molecular weight excluding hydrogens is 372 g/mol. The molecule has 0 amide bonds. The molecule has 0 fully saturated rings. The standard InChI is InChI=1S/C16H18BrF2NO3/c1-9-8-11(22-5)12(16(17,18)19)10-6-7-20(13(9)10)14(21)23-15(2,3)4/h6-8H,1-5H3. The Morgan fingerprint density at radius 2 is 1.91 bits per heavy atom. The average Bonchev–Trinajstić information content (AvgIpc) is 2.79. The van der Waals surface area contributed by atoms with Crippen molar-refractivity contribution in [2.45, 2.75) is 38.1 Å². The zero-order valence-corrected chi connectivity index (χ0v) is 15.1. The number of carbonyl (C=O) groups excluding carboxylic acids is 1. The van der Waals surface area contributed by atoms with Crippen LogP contribution >= 0.6 is 15.9 Å². The van der Waals surface area contributed by atoms with E-state index >= 15 is 0 Å². The molecular formula is C16H18BrF2NO3. The lowest BCUT2D eigenvalue weighted by Crippen LogP contribution is -2.26. The van der Waals surface area contributed by atoms with Gasteiger partial charge in [-0.25, -0.2) is 4.79 Å². The maximum atomic E-state index is 14.0. The highest BCUT2D eigenvalue weighted by molar-refractivity contribution is 9.09. The van der Waals surface area contributed by atoms with Gasteiger partial charge in [-0.15, -0.1) is 0 Å². The van der Waals surface area contributed by atoms with E-state index in [4.69, 9.17) is 9.47 Å². The second-order valence-electron chi connectivity index (χ2n) is 6.20. The van der Waals surface area contributed by atoms with Crippen LogP contribution in [0.4, 0.5) is 13.6 Å². The van der Waals surface area contributed by atoms with Gasteiger partial charge in [-0.3, -0.25) is 4.57 Å². The van der Waals surface area contributed by atoms with Crippen molar-refractivity contribution in [3.63, 3.8) is 0 Å². The summed E-state index contributed by atoms with van der Waals surface area (Å²) in [7, 11) is 1.33. The highest BCUT2D eigenvalue weighted by Gasteiger charge is 2.35. The molecule has 0 unspecified atom stereocenters. The lowest BCUT2D eigenvalue weighted by molar-refractivity contribution is 0.0544. The molecule has 23 heavy (non-hydrogen) atoms. The van der Waals surface area contributed by atoms with Gasteiger partial charge in [0.05, 0.1) is 18.2 Å². The molecule has 0 bridgehead atoms. The monoisotopic (exact) mass is 389 g/mol. The molecule has 1 aromatic carbocycles. The SMILES string of the molecule is COc1cc(C)c2c(ccn2C(=O)OC(C)(C)C)c1C(F)(F)Br. The van der Waals surface area contributed by atoms with E-state index in [2.05, 4.69) is 15.9 Å². The average molecular weight is 390 g/mol. The van der Waals surface area contributed by atoms with Crippen LogP contribution in [-0.2, 0) is 9.57 Å². The molecule has 1 aromatic heterocycles. The zero-order valence-electron chi connectivity index (χ0n) is 13.5. The second kappa shape index (κ2) is 5.78. The number of aromatic nitrogens is 1. The molecule has 0 radical (unpaired) electrons. The number of alkyl halides is 3. The van der Waals surface area contributed by atoms with Crippen molar-refractivity contribution in [1.29, 1.82) is 0 Å². The molecule has 0 aliphatic rings. The number of nitrogens with zero attached hydrogens (tertiary/aromatic N) is 1. The Bertz CT molecular complexity index is 757. The summed E-state index contributed by atoms with van der Waals surface area (Å²) in [5.41, 5.74) is 0.00117. The van der Waals surface area contributed by atoms with E-state index in [-0.39, 0.29) is 16.7 Å². The Labute approximate surface area is 141 Å². The van der Waals surface area contributed by atoms with E-state index in [1.807, 2.05) is 0 Å². The van der Waals surface area contributed by atoms with Crippen molar-refractivity contribution in [3.8, 4) is 5.75 Å². The van der Waals surface area contributed by atoms with Gasteiger partial charge < -0.3 is 9.47 Å². The Morgan fingerprint density at radius 3 is 2.39 bits per heavy atom. The first-order chi connectivity index (χ1) is 10.5. The van der Waals surface area contributed by atoms with Crippen molar-refractivity contribution in [1.82, 2.24) is 4.57 Å². The number of aryl methyl sites for hydroxylation is 1. The first-order valence-electron chi connectivity index (χ1n) is 6.95. The van der Waals surface area contributed by atoms with Crippen LogP contribution in [0.1, 0.15) is 31.9 Å². The molecule has 2 rings (SSSR count). The number of benzene rings is 1. The van der Waals surface area contributed by atoms with Crippen LogP contribution in [0, 0.1) is 6.92 Å². The summed E-state index contributed by atoms with van der Waals surface area (Å²) in [4.78, 5) is 9.03. The second-order valence-corrected chi connectivity index (χ2v) is 7.19. The van der Waals surface area contributed by atoms with Crippen LogP contribution in [0.2, 0.25) is 0 Å². The third-order valence-corrected chi connectivity index (χ3v) is 3.61. The molecule has 0 N–H and O–H groups in total. The largest absolute Gasteiger partial charge is 0.496 e. The number of hydrogen-bond donors (Lipinski definition) is 0. The van der Waals surface area contributed by atoms with E-state index in [1.54, 1.807) is 27.7 Å². The van der Waals surface area contributed by atoms with E-state index in [1.165, 1.54) is 30.0 Å². The minimum absolute atomic E-state index is 0.0545. The van der Waals surface area contributed by atoms with Gasteiger partial charge in [-0.2, -0.15) is 8.78 Å². The number of methoxy groups -OCH3 is 1. The molecule has 0 aliphatic carbocycles. The number of hydrogen-bond acceptors (Lipinski definition) is 3. The molecule has 7 heteroatoms. The summed E-state index contributed by atoms with van der Waals surface area (Å²) in [5, 5.41) is 0.231. The maximum absolute atomic E-state index is 14.0. The van der Waals surface area contributed by atoms with Gasteiger partial charge in [0, 0.05) is 11.6 Å². The van der Waals surface area contributed by atoms with Gasteiger partial charge in [0.2, 0.25) is 0 Å². The lowest BCUT2D eigenvalue weighted by atomic mass is 10.1. The van der Waals surface area contributed by atoms with Crippen molar-refractivity contribution >= 4 is 32.9 Å². The molecule has 126 valence electrons. The van der Waals surface area contributed by atoms with Crippen molar-refractivity contribution < 1.29 is 23.0 Å². The zero-order chi connectivity index (χ0) is 17.6. The normalized spacial score (nSPS) is 12.5. The molecule has 0 saturated heterocycles. The molecule has 1 heterocycles. The molecule has 0 spiro atoms. The van der Waals surface area contributed by atoms with Gasteiger partial charge in [0.25, 0.3) is 0 Å². The maximum Gasteiger partial charge on any atom is 0.419 e. The highest BCUT2D eigenvalue weighted by Crippen LogP contribution is 2.45. The highest BCUT2D eigenvalue weighted by atomic mass is 79.9. The first-order valence-corrected chi connectivity index (χ1v) is 7.74. The van der Waals surface area contributed by atoms with Crippen LogP contribution in [-0.4, -0.2) is 23.4 Å². The number of carbonyl (C=O) groups is 1. The number of fused-ring (bicyclic) bond motifs is 1. The number of halogens is 3. The molecule has 4 nitrogen and oxygen atoms in total. The van der Waals surface area contributed by atoms with Crippen molar-refractivity contribution in [2.24, 2.45) is 0 Å². The van der Waals surface area contributed by atoms with Crippen molar-refractivity contribution in [3.05, 3.63) is 29.5 Å². The lowest BCUT2D eigenvalue weighted by Gasteiger charge is -2.21. The molecule has 0 saturated carbocycles. The van der Waals surface area contributed by atoms with Crippen LogP contribution in [0.5, 0.6) is 5.75 Å². The van der Waals surface area contributed by atoms with Gasteiger partial charge in [-0.1, -0.05) is 0 Å². The Hall–Kier alpha value is -1.63. The fraction of sp³-hybridized carbons (Fsp3) is 0.438. The van der Waals surface area contributed by atoms with Crippen molar-refractivity contribution in [2.75, 3.05) is 7.11 Å². The fourth-order valence-corrected chi connectivity index (χ4v) is 2.83. The van der Waals surface area contributed by atoms with Crippen LogP contribution in [0.15, 0.2) is 18.3 Å². The van der Waals surface area contributed by atoms with Crippen LogP contribution < -0.4 is 4.74 Å². The number of ether oxygens (including phenoxy) is 2. The predicted octanol–water partition coefficient (Wildman–Crippen LogP) is 5.19. The topological polar surface area (TPSA) is 40.5 Å². The third kappa shape index (κ3) is 3.49. The molecule has 2 aromatic rings. The summed E-state index contributed by atoms with van der Waals surface area (Å²) in [6.07, 6.45) is 0.803. The first kappa shape index (κ1) is 17.7. The van der Waals surface area contributed by atoms with Gasteiger partial charge in [0.15, 0.2) is 0 Å². The summed E-state index contributed by atoms with van der Waals surface area (Å²) >= 11 is 2.38. The third-order valence-electron chi connectivity index (χ3n) is 3.22. The minimum atomic E-state index is -3.29. The minimum Gasteiger partial charge on any atom is -0.496 e. The summed E-state index contributed by atoms with van der Waals surface area (Å²) in [6, 6.07) is 2.94. The summed E-state index contributed by atoms with van der Waals surface area (Å²) in [5.74, 6) is 0.0545. The molecule has 0 aliphatic heterocycles. The number of rotatable bonds is 2.